The highest BCUT2D eigenvalue weighted by Gasteiger charge is 2.22. The molecule has 0 saturated carbocycles. The summed E-state index contributed by atoms with van der Waals surface area (Å²) in [5, 5.41) is 8.71. The number of aliphatic carboxylic acids is 1. The normalized spacial score (nSPS) is 11.9. The third-order valence-corrected chi connectivity index (χ3v) is 2.55. The number of hydrogen-bond acceptors (Lipinski definition) is 3. The first-order valence-electron chi connectivity index (χ1n) is 5.60. The lowest BCUT2D eigenvalue weighted by molar-refractivity contribution is -0.138. The van der Waals surface area contributed by atoms with E-state index >= 15 is 0 Å². The van der Waals surface area contributed by atoms with E-state index in [9.17, 15) is 14.0 Å². The van der Waals surface area contributed by atoms with Gasteiger partial charge in [0.1, 0.15) is 11.5 Å². The Hall–Kier alpha value is -1.98. The van der Waals surface area contributed by atoms with Gasteiger partial charge in [-0.05, 0) is 26.0 Å². The van der Waals surface area contributed by atoms with Crippen molar-refractivity contribution in [3.63, 3.8) is 0 Å². The van der Waals surface area contributed by atoms with Crippen LogP contribution in [0.15, 0.2) is 18.3 Å². The minimum atomic E-state index is -0.971. The van der Waals surface area contributed by atoms with Crippen LogP contribution in [0.25, 0.3) is 0 Å². The lowest BCUT2D eigenvalue weighted by Gasteiger charge is -2.26. The molecule has 1 aromatic rings. The Kier molecular flexibility index (Phi) is 4.76. The highest BCUT2D eigenvalue weighted by molar-refractivity contribution is 5.92. The second-order valence-electron chi connectivity index (χ2n) is 3.90. The first-order chi connectivity index (χ1) is 8.45. The zero-order chi connectivity index (χ0) is 13.7. The number of rotatable bonds is 5. The van der Waals surface area contributed by atoms with Crippen molar-refractivity contribution in [1.82, 2.24) is 9.88 Å². The molecule has 6 heteroatoms. The monoisotopic (exact) mass is 254 g/mol. The van der Waals surface area contributed by atoms with Crippen LogP contribution in [0.5, 0.6) is 0 Å². The molecule has 5 nitrogen and oxygen atoms in total. The molecule has 18 heavy (non-hydrogen) atoms. The fourth-order valence-electron chi connectivity index (χ4n) is 1.67. The maximum absolute atomic E-state index is 12.7. The van der Waals surface area contributed by atoms with Crippen LogP contribution in [0.3, 0.4) is 0 Å². The molecule has 0 saturated heterocycles. The van der Waals surface area contributed by atoms with Gasteiger partial charge in [-0.1, -0.05) is 0 Å². The second-order valence-corrected chi connectivity index (χ2v) is 3.90. The topological polar surface area (TPSA) is 70.5 Å². The SMILES string of the molecule is CCN(C(=O)c1ccc(F)cn1)C(C)CC(=O)O. The molecule has 98 valence electrons. The molecule has 1 amide bonds. The third kappa shape index (κ3) is 3.51. The summed E-state index contributed by atoms with van der Waals surface area (Å²) < 4.78 is 12.7. The minimum absolute atomic E-state index is 0.107. The fraction of sp³-hybridized carbons (Fsp3) is 0.417. The van der Waals surface area contributed by atoms with Gasteiger partial charge in [-0.2, -0.15) is 0 Å². The van der Waals surface area contributed by atoms with Crippen molar-refractivity contribution in [2.24, 2.45) is 0 Å². The Morgan fingerprint density at radius 3 is 2.61 bits per heavy atom. The number of aromatic nitrogens is 1. The maximum Gasteiger partial charge on any atom is 0.305 e. The predicted octanol–water partition coefficient (Wildman–Crippen LogP) is 1.55. The van der Waals surface area contributed by atoms with Gasteiger partial charge in [-0.15, -0.1) is 0 Å². The molecule has 0 aliphatic rings. The lowest BCUT2D eigenvalue weighted by atomic mass is 10.2. The summed E-state index contributed by atoms with van der Waals surface area (Å²) in [4.78, 5) is 27.8. The van der Waals surface area contributed by atoms with Crippen molar-refractivity contribution in [1.29, 1.82) is 0 Å². The van der Waals surface area contributed by atoms with Crippen molar-refractivity contribution < 1.29 is 19.1 Å². The molecule has 0 radical (unpaired) electrons. The van der Waals surface area contributed by atoms with Crippen molar-refractivity contribution in [3.05, 3.63) is 29.8 Å². The Morgan fingerprint density at radius 1 is 1.50 bits per heavy atom. The van der Waals surface area contributed by atoms with E-state index in [1.165, 1.54) is 11.0 Å². The van der Waals surface area contributed by atoms with E-state index in [1.807, 2.05) is 0 Å². The molecule has 0 aromatic carbocycles. The van der Waals surface area contributed by atoms with E-state index in [1.54, 1.807) is 13.8 Å². The highest BCUT2D eigenvalue weighted by atomic mass is 19.1. The molecule has 0 aliphatic carbocycles. The van der Waals surface area contributed by atoms with Gasteiger partial charge in [0.05, 0.1) is 12.6 Å². The van der Waals surface area contributed by atoms with E-state index in [0.29, 0.717) is 6.54 Å². The van der Waals surface area contributed by atoms with Gasteiger partial charge in [0.15, 0.2) is 0 Å². The van der Waals surface area contributed by atoms with Crippen molar-refractivity contribution in [2.75, 3.05) is 6.54 Å². The minimum Gasteiger partial charge on any atom is -0.481 e. The van der Waals surface area contributed by atoms with Crippen LogP contribution in [0.2, 0.25) is 0 Å². The van der Waals surface area contributed by atoms with E-state index in [0.717, 1.165) is 12.3 Å². The molecular formula is C12H15FN2O3. The lowest BCUT2D eigenvalue weighted by Crippen LogP contribution is -2.40. The highest BCUT2D eigenvalue weighted by Crippen LogP contribution is 2.09. The molecule has 1 unspecified atom stereocenters. The standard InChI is InChI=1S/C12H15FN2O3/c1-3-15(8(2)6-11(16)17)12(18)10-5-4-9(13)7-14-10/h4-5,7-8H,3,6H2,1-2H3,(H,16,17). The van der Waals surface area contributed by atoms with Crippen LogP contribution < -0.4 is 0 Å². The number of nitrogens with zero attached hydrogens (tertiary/aromatic N) is 2. The van der Waals surface area contributed by atoms with Crippen LogP contribution in [0, 0.1) is 5.82 Å². The molecule has 1 rings (SSSR count). The second kappa shape index (κ2) is 6.09. The Labute approximate surface area is 104 Å². The van der Waals surface area contributed by atoms with Gasteiger partial charge < -0.3 is 10.0 Å². The predicted molar refractivity (Wildman–Crippen MR) is 62.6 cm³/mol. The number of pyridine rings is 1. The molecule has 0 bridgehead atoms. The Balaban J connectivity index is 2.85. The first-order valence-corrected chi connectivity index (χ1v) is 5.60. The average Bonchev–Trinajstić information content (AvgIpc) is 2.29. The van der Waals surface area contributed by atoms with Gasteiger partial charge in [-0.3, -0.25) is 9.59 Å². The molecule has 0 aliphatic heterocycles. The number of carboxylic acid groups (broad SMARTS) is 1. The van der Waals surface area contributed by atoms with E-state index in [2.05, 4.69) is 4.98 Å². The first kappa shape index (κ1) is 14.1. The molecule has 0 fully saturated rings. The van der Waals surface area contributed by atoms with Crippen molar-refractivity contribution >= 4 is 11.9 Å². The molecule has 1 N–H and O–H groups in total. The van der Waals surface area contributed by atoms with Gasteiger partial charge in [0.25, 0.3) is 5.91 Å². The van der Waals surface area contributed by atoms with Crippen LogP contribution in [0.1, 0.15) is 30.8 Å². The van der Waals surface area contributed by atoms with E-state index < -0.39 is 23.7 Å². The number of hydrogen-bond donors (Lipinski definition) is 1. The van der Waals surface area contributed by atoms with Crippen LogP contribution >= 0.6 is 0 Å². The summed E-state index contributed by atoms with van der Waals surface area (Å²) in [7, 11) is 0. The molecule has 1 aromatic heterocycles. The summed E-state index contributed by atoms with van der Waals surface area (Å²) in [6.45, 7) is 3.77. The third-order valence-electron chi connectivity index (χ3n) is 2.55. The smallest absolute Gasteiger partial charge is 0.305 e. The Morgan fingerprint density at radius 2 is 2.17 bits per heavy atom. The number of carbonyl (C=O) groups excluding carboxylic acids is 1. The number of carboxylic acids is 1. The van der Waals surface area contributed by atoms with Gasteiger partial charge >= 0.3 is 5.97 Å². The summed E-state index contributed by atoms with van der Waals surface area (Å²) in [6.07, 6.45) is 0.823. The summed E-state index contributed by atoms with van der Waals surface area (Å²) in [6, 6.07) is 2.00. The molecule has 1 heterocycles. The molecule has 0 spiro atoms. The van der Waals surface area contributed by atoms with E-state index in [4.69, 9.17) is 5.11 Å². The number of halogens is 1. The largest absolute Gasteiger partial charge is 0.481 e. The average molecular weight is 254 g/mol. The zero-order valence-electron chi connectivity index (χ0n) is 10.3. The van der Waals surface area contributed by atoms with Gasteiger partial charge in [0.2, 0.25) is 0 Å². The van der Waals surface area contributed by atoms with Gasteiger partial charge in [0, 0.05) is 12.6 Å². The van der Waals surface area contributed by atoms with Crippen LogP contribution in [0.4, 0.5) is 4.39 Å². The molecule has 1 atom stereocenters. The van der Waals surface area contributed by atoms with E-state index in [-0.39, 0.29) is 12.1 Å². The zero-order valence-corrected chi connectivity index (χ0v) is 10.3. The fourth-order valence-corrected chi connectivity index (χ4v) is 1.67. The van der Waals surface area contributed by atoms with Crippen LogP contribution in [-0.2, 0) is 4.79 Å². The van der Waals surface area contributed by atoms with Crippen molar-refractivity contribution in [3.8, 4) is 0 Å². The Bertz CT molecular complexity index is 433. The van der Waals surface area contributed by atoms with Crippen LogP contribution in [-0.4, -0.2) is 39.5 Å². The molecular weight excluding hydrogens is 239 g/mol. The summed E-state index contributed by atoms with van der Waals surface area (Å²) >= 11 is 0. The maximum atomic E-state index is 12.7. The quantitative estimate of drug-likeness (QED) is 0.865. The summed E-state index contributed by atoms with van der Waals surface area (Å²) in [5.41, 5.74) is 0.107. The summed E-state index contributed by atoms with van der Waals surface area (Å²) in [5.74, 6) is -1.89. The van der Waals surface area contributed by atoms with Gasteiger partial charge in [-0.25, -0.2) is 9.37 Å². The number of amides is 1. The number of carbonyl (C=O) groups is 2. The van der Waals surface area contributed by atoms with Crippen molar-refractivity contribution in [2.45, 2.75) is 26.3 Å².